The fourth-order valence-corrected chi connectivity index (χ4v) is 1.36. The fraction of sp³-hybridized carbons (Fsp3) is 0.500. The largest absolute Gasteiger partial charge is 0.481 e. The van der Waals surface area contributed by atoms with Crippen molar-refractivity contribution in [3.63, 3.8) is 0 Å². The van der Waals surface area contributed by atoms with E-state index in [2.05, 4.69) is 5.32 Å². The van der Waals surface area contributed by atoms with Crippen LogP contribution in [0.5, 0.6) is 5.75 Å². The molecule has 1 aromatic carbocycles. The number of nitrogens with one attached hydrogen (secondary N) is 1. The van der Waals surface area contributed by atoms with Crippen LogP contribution in [0.4, 0.5) is 11.4 Å². The standard InChI is InChI=1S/C12H18N2O3/c1-5-12(2,3)17-10-8-6-7-9(13-4)11(10)14(15)16/h6-8,13H,5H2,1-4H3. The Labute approximate surface area is 101 Å². The van der Waals surface area contributed by atoms with Crippen molar-refractivity contribution in [2.45, 2.75) is 32.8 Å². The third-order valence-electron chi connectivity index (χ3n) is 2.69. The summed E-state index contributed by atoms with van der Waals surface area (Å²) in [4.78, 5) is 10.6. The van der Waals surface area contributed by atoms with Gasteiger partial charge in [0.1, 0.15) is 11.3 Å². The quantitative estimate of drug-likeness (QED) is 0.632. The minimum absolute atomic E-state index is 0.0171. The van der Waals surface area contributed by atoms with Gasteiger partial charge in [0.05, 0.1) is 4.92 Å². The third kappa shape index (κ3) is 3.09. The number of hydrogen-bond acceptors (Lipinski definition) is 4. The van der Waals surface area contributed by atoms with E-state index >= 15 is 0 Å². The van der Waals surface area contributed by atoms with Crippen molar-refractivity contribution in [2.24, 2.45) is 0 Å². The number of anilines is 1. The second-order valence-corrected chi connectivity index (χ2v) is 4.37. The van der Waals surface area contributed by atoms with Crippen LogP contribution in [0.2, 0.25) is 0 Å². The maximum Gasteiger partial charge on any atom is 0.333 e. The van der Waals surface area contributed by atoms with Crippen molar-refractivity contribution in [3.8, 4) is 5.75 Å². The van der Waals surface area contributed by atoms with Gasteiger partial charge in [-0.05, 0) is 32.4 Å². The topological polar surface area (TPSA) is 64.4 Å². The molecule has 0 fully saturated rings. The van der Waals surface area contributed by atoms with Gasteiger partial charge in [-0.15, -0.1) is 0 Å². The molecule has 0 saturated heterocycles. The Hall–Kier alpha value is -1.78. The molecule has 0 radical (unpaired) electrons. The lowest BCUT2D eigenvalue weighted by molar-refractivity contribution is -0.385. The summed E-state index contributed by atoms with van der Waals surface area (Å²) in [5.41, 5.74) is 0.0212. The Morgan fingerprint density at radius 2 is 2.12 bits per heavy atom. The van der Waals surface area contributed by atoms with Gasteiger partial charge in [-0.2, -0.15) is 0 Å². The van der Waals surface area contributed by atoms with Crippen LogP contribution < -0.4 is 10.1 Å². The molecule has 1 aromatic rings. The summed E-state index contributed by atoms with van der Waals surface area (Å²) in [6.45, 7) is 5.79. The fourth-order valence-electron chi connectivity index (χ4n) is 1.36. The van der Waals surface area contributed by atoms with Crippen molar-refractivity contribution >= 4 is 11.4 Å². The highest BCUT2D eigenvalue weighted by atomic mass is 16.6. The number of ether oxygens (including phenoxy) is 1. The Balaban J connectivity index is 3.19. The number of para-hydroxylation sites is 1. The molecule has 0 aliphatic rings. The van der Waals surface area contributed by atoms with Gasteiger partial charge >= 0.3 is 5.69 Å². The van der Waals surface area contributed by atoms with Gasteiger partial charge in [0, 0.05) is 7.05 Å². The third-order valence-corrected chi connectivity index (χ3v) is 2.69. The summed E-state index contributed by atoms with van der Waals surface area (Å²) in [6, 6.07) is 5.01. The average Bonchev–Trinajstić information content (AvgIpc) is 2.27. The van der Waals surface area contributed by atoms with Gasteiger partial charge in [-0.25, -0.2) is 0 Å². The summed E-state index contributed by atoms with van der Waals surface area (Å²) >= 11 is 0. The van der Waals surface area contributed by atoms with Crippen LogP contribution >= 0.6 is 0 Å². The van der Waals surface area contributed by atoms with E-state index in [9.17, 15) is 10.1 Å². The smallest absolute Gasteiger partial charge is 0.333 e. The van der Waals surface area contributed by atoms with Crippen LogP contribution in [0.25, 0.3) is 0 Å². The van der Waals surface area contributed by atoms with Crippen LogP contribution in [-0.2, 0) is 0 Å². The predicted molar refractivity (Wildman–Crippen MR) is 67.6 cm³/mol. The van der Waals surface area contributed by atoms with Crippen LogP contribution in [0.15, 0.2) is 18.2 Å². The molecule has 0 amide bonds. The summed E-state index contributed by atoms with van der Waals surface area (Å²) in [7, 11) is 1.65. The first-order valence-corrected chi connectivity index (χ1v) is 5.55. The lowest BCUT2D eigenvalue weighted by Crippen LogP contribution is -2.27. The second kappa shape index (κ2) is 5.03. The maximum absolute atomic E-state index is 11.1. The highest BCUT2D eigenvalue weighted by molar-refractivity contribution is 5.68. The van der Waals surface area contributed by atoms with Crippen LogP contribution in [-0.4, -0.2) is 17.6 Å². The highest BCUT2D eigenvalue weighted by Gasteiger charge is 2.25. The molecule has 0 bridgehead atoms. The normalized spacial score (nSPS) is 11.1. The Morgan fingerprint density at radius 3 is 2.59 bits per heavy atom. The van der Waals surface area contributed by atoms with Gasteiger partial charge in [0.25, 0.3) is 0 Å². The lowest BCUT2D eigenvalue weighted by atomic mass is 10.1. The average molecular weight is 238 g/mol. The molecule has 1 rings (SSSR count). The molecule has 5 nitrogen and oxygen atoms in total. The van der Waals surface area contributed by atoms with Gasteiger partial charge in [-0.1, -0.05) is 13.0 Å². The number of benzene rings is 1. The highest BCUT2D eigenvalue weighted by Crippen LogP contribution is 2.36. The molecular formula is C12H18N2O3. The molecule has 0 aliphatic carbocycles. The van der Waals surface area contributed by atoms with E-state index in [1.807, 2.05) is 20.8 Å². The molecule has 17 heavy (non-hydrogen) atoms. The molecule has 0 atom stereocenters. The van der Waals surface area contributed by atoms with Gasteiger partial charge in [0.2, 0.25) is 0 Å². The summed E-state index contributed by atoms with van der Waals surface area (Å²) in [5.74, 6) is 0.300. The molecule has 0 aliphatic heterocycles. The van der Waals surface area contributed by atoms with Crippen LogP contribution in [0.1, 0.15) is 27.2 Å². The SMILES string of the molecule is CCC(C)(C)Oc1cccc(NC)c1[N+](=O)[O-]. The summed E-state index contributed by atoms with van der Waals surface area (Å²) in [6.07, 6.45) is 0.772. The monoisotopic (exact) mass is 238 g/mol. The van der Waals surface area contributed by atoms with Crippen molar-refractivity contribution in [1.82, 2.24) is 0 Å². The van der Waals surface area contributed by atoms with Crippen molar-refractivity contribution in [2.75, 3.05) is 12.4 Å². The van der Waals surface area contributed by atoms with E-state index in [0.29, 0.717) is 11.4 Å². The zero-order valence-corrected chi connectivity index (χ0v) is 10.6. The Bertz CT molecular complexity index is 416. The molecule has 0 aromatic heterocycles. The first kappa shape index (κ1) is 13.3. The molecule has 5 heteroatoms. The Kier molecular flexibility index (Phi) is 3.93. The Morgan fingerprint density at radius 1 is 1.47 bits per heavy atom. The number of rotatable bonds is 5. The van der Waals surface area contributed by atoms with Gasteiger partial charge in [0.15, 0.2) is 5.75 Å². The molecule has 0 unspecified atom stereocenters. The van der Waals surface area contributed by atoms with Gasteiger partial charge in [-0.3, -0.25) is 10.1 Å². The van der Waals surface area contributed by atoms with E-state index in [-0.39, 0.29) is 5.69 Å². The minimum atomic E-state index is -0.424. The first-order chi connectivity index (χ1) is 7.91. The van der Waals surface area contributed by atoms with Crippen molar-refractivity contribution in [1.29, 1.82) is 0 Å². The number of nitro benzene ring substituents is 1. The molecule has 94 valence electrons. The summed E-state index contributed by atoms with van der Waals surface area (Å²) in [5, 5.41) is 13.9. The van der Waals surface area contributed by atoms with Crippen molar-refractivity contribution < 1.29 is 9.66 Å². The minimum Gasteiger partial charge on any atom is -0.481 e. The first-order valence-electron chi connectivity index (χ1n) is 5.55. The van der Waals surface area contributed by atoms with Crippen molar-refractivity contribution in [3.05, 3.63) is 28.3 Å². The number of nitrogens with zero attached hydrogens (tertiary/aromatic N) is 1. The second-order valence-electron chi connectivity index (χ2n) is 4.37. The number of nitro groups is 1. The number of hydrogen-bond donors (Lipinski definition) is 1. The van der Waals surface area contributed by atoms with E-state index in [1.165, 1.54) is 0 Å². The van der Waals surface area contributed by atoms with Crippen LogP contribution in [0.3, 0.4) is 0 Å². The van der Waals surface area contributed by atoms with E-state index < -0.39 is 10.5 Å². The zero-order valence-electron chi connectivity index (χ0n) is 10.6. The van der Waals surface area contributed by atoms with E-state index in [4.69, 9.17) is 4.74 Å². The molecule has 0 saturated carbocycles. The molecular weight excluding hydrogens is 220 g/mol. The zero-order chi connectivity index (χ0) is 13.1. The lowest BCUT2D eigenvalue weighted by Gasteiger charge is -2.24. The van der Waals surface area contributed by atoms with Gasteiger partial charge < -0.3 is 10.1 Å². The summed E-state index contributed by atoms with van der Waals surface area (Å²) < 4.78 is 5.70. The van der Waals surface area contributed by atoms with E-state index in [0.717, 1.165) is 6.42 Å². The molecule has 1 N–H and O–H groups in total. The van der Waals surface area contributed by atoms with Crippen LogP contribution in [0, 0.1) is 10.1 Å². The maximum atomic E-state index is 11.1. The predicted octanol–water partition coefficient (Wildman–Crippen LogP) is 3.20. The van der Waals surface area contributed by atoms with E-state index in [1.54, 1.807) is 25.2 Å². The molecule has 0 spiro atoms. The molecule has 0 heterocycles.